The van der Waals surface area contributed by atoms with E-state index in [2.05, 4.69) is 36.2 Å². The molecule has 0 atom stereocenters. The summed E-state index contributed by atoms with van der Waals surface area (Å²) >= 11 is 3.43. The summed E-state index contributed by atoms with van der Waals surface area (Å²) in [6, 6.07) is 1.80. The first-order valence-electron chi connectivity index (χ1n) is 5.29. The van der Waals surface area contributed by atoms with E-state index in [-0.39, 0.29) is 11.6 Å². The number of aromatic nitrogens is 3. The van der Waals surface area contributed by atoms with Crippen LogP contribution in [-0.2, 0) is 0 Å². The molecule has 0 bridgehead atoms. The quantitative estimate of drug-likeness (QED) is 0.925. The van der Waals surface area contributed by atoms with Gasteiger partial charge in [-0.25, -0.2) is 9.97 Å². The molecule has 1 amide bonds. The average Bonchev–Trinajstić information content (AvgIpc) is 2.37. The number of hydrogen-bond acceptors (Lipinski definition) is 4. The second kappa shape index (κ2) is 5.22. The van der Waals surface area contributed by atoms with Gasteiger partial charge in [-0.3, -0.25) is 9.78 Å². The van der Waals surface area contributed by atoms with Crippen LogP contribution in [0, 0.1) is 13.8 Å². The molecule has 0 unspecified atom stereocenters. The molecule has 2 aromatic rings. The first-order chi connectivity index (χ1) is 8.58. The summed E-state index contributed by atoms with van der Waals surface area (Å²) in [5, 5.41) is 2.69. The molecule has 0 radical (unpaired) electrons. The molecule has 2 rings (SSSR count). The molecular formula is C12H11BrN4O. The Bertz CT molecular complexity index is 563. The Morgan fingerprint density at radius 3 is 2.72 bits per heavy atom. The predicted molar refractivity (Wildman–Crippen MR) is 71.4 cm³/mol. The van der Waals surface area contributed by atoms with Gasteiger partial charge in [0.25, 0.3) is 5.91 Å². The van der Waals surface area contributed by atoms with Gasteiger partial charge in [0.15, 0.2) is 0 Å². The highest BCUT2D eigenvalue weighted by molar-refractivity contribution is 9.10. The lowest BCUT2D eigenvalue weighted by Gasteiger charge is -2.08. The van der Waals surface area contributed by atoms with Crippen LogP contribution in [-0.4, -0.2) is 20.9 Å². The van der Waals surface area contributed by atoms with Crippen molar-refractivity contribution in [3.05, 3.63) is 46.1 Å². The Kier molecular flexibility index (Phi) is 3.66. The summed E-state index contributed by atoms with van der Waals surface area (Å²) in [7, 11) is 0. The fourth-order valence-corrected chi connectivity index (χ4v) is 1.68. The summed E-state index contributed by atoms with van der Waals surface area (Å²) in [6.07, 6.45) is 4.40. The molecule has 0 spiro atoms. The summed E-state index contributed by atoms with van der Waals surface area (Å²) in [5.74, 6) is 0.181. The standard InChI is InChI=1S/C12H11BrN4O/c1-7-5-10(16-8(2)11(7)13)17-12(18)9-6-14-3-4-15-9/h3-6H,1-2H3,(H,16,17,18). The number of carbonyl (C=O) groups excluding carboxylic acids is 1. The van der Waals surface area contributed by atoms with Crippen LogP contribution in [0.5, 0.6) is 0 Å². The summed E-state index contributed by atoms with van der Waals surface area (Å²) < 4.78 is 0.944. The second-order valence-electron chi connectivity index (χ2n) is 3.77. The SMILES string of the molecule is Cc1cc(NC(=O)c2cnccn2)nc(C)c1Br. The first kappa shape index (κ1) is 12.6. The van der Waals surface area contributed by atoms with E-state index in [9.17, 15) is 4.79 Å². The second-order valence-corrected chi connectivity index (χ2v) is 4.56. The van der Waals surface area contributed by atoms with Crippen LogP contribution in [0.3, 0.4) is 0 Å². The lowest BCUT2D eigenvalue weighted by atomic mass is 10.2. The van der Waals surface area contributed by atoms with Crippen LogP contribution in [0.4, 0.5) is 5.82 Å². The van der Waals surface area contributed by atoms with Crippen LogP contribution in [0.1, 0.15) is 21.7 Å². The van der Waals surface area contributed by atoms with E-state index >= 15 is 0 Å². The first-order valence-corrected chi connectivity index (χ1v) is 6.08. The number of nitrogens with one attached hydrogen (secondary N) is 1. The topological polar surface area (TPSA) is 67.8 Å². The van der Waals surface area contributed by atoms with Gasteiger partial charge in [0, 0.05) is 16.9 Å². The van der Waals surface area contributed by atoms with Crippen molar-refractivity contribution in [2.45, 2.75) is 13.8 Å². The molecule has 0 aromatic carbocycles. The van der Waals surface area contributed by atoms with Crippen molar-refractivity contribution in [2.75, 3.05) is 5.32 Å². The maximum Gasteiger partial charge on any atom is 0.277 e. The number of amides is 1. The molecule has 5 nitrogen and oxygen atoms in total. The van der Waals surface area contributed by atoms with Crippen molar-refractivity contribution < 1.29 is 4.79 Å². The fourth-order valence-electron chi connectivity index (χ4n) is 1.48. The molecule has 0 fully saturated rings. The molecule has 92 valence electrons. The van der Waals surface area contributed by atoms with Crippen molar-refractivity contribution in [3.63, 3.8) is 0 Å². The van der Waals surface area contributed by atoms with Crippen molar-refractivity contribution >= 4 is 27.7 Å². The van der Waals surface area contributed by atoms with E-state index in [4.69, 9.17) is 0 Å². The van der Waals surface area contributed by atoms with Gasteiger partial charge in [-0.2, -0.15) is 0 Å². The summed E-state index contributed by atoms with van der Waals surface area (Å²) in [4.78, 5) is 23.9. The third-order valence-corrected chi connectivity index (χ3v) is 3.54. The molecule has 0 aliphatic heterocycles. The van der Waals surface area contributed by atoms with Crippen molar-refractivity contribution in [1.82, 2.24) is 15.0 Å². The zero-order valence-electron chi connectivity index (χ0n) is 9.94. The maximum atomic E-state index is 11.9. The molecule has 0 aliphatic carbocycles. The highest BCUT2D eigenvalue weighted by Gasteiger charge is 2.10. The van der Waals surface area contributed by atoms with Gasteiger partial charge in [0.05, 0.1) is 11.9 Å². The van der Waals surface area contributed by atoms with Gasteiger partial charge >= 0.3 is 0 Å². The van der Waals surface area contributed by atoms with Gasteiger partial charge in [0.1, 0.15) is 11.5 Å². The predicted octanol–water partition coefficient (Wildman–Crippen LogP) is 2.50. The number of anilines is 1. The zero-order valence-corrected chi connectivity index (χ0v) is 11.5. The smallest absolute Gasteiger partial charge is 0.277 e. The molecule has 0 saturated carbocycles. The van der Waals surface area contributed by atoms with Crippen LogP contribution in [0.2, 0.25) is 0 Å². The molecule has 2 aromatic heterocycles. The van der Waals surface area contributed by atoms with E-state index in [1.165, 1.54) is 18.6 Å². The maximum absolute atomic E-state index is 11.9. The Hall–Kier alpha value is -1.82. The third-order valence-electron chi connectivity index (χ3n) is 2.34. The number of nitrogens with zero attached hydrogens (tertiary/aromatic N) is 3. The molecule has 1 N–H and O–H groups in total. The lowest BCUT2D eigenvalue weighted by Crippen LogP contribution is -2.15. The van der Waals surface area contributed by atoms with Gasteiger partial charge in [0.2, 0.25) is 0 Å². The molecule has 18 heavy (non-hydrogen) atoms. The Labute approximate surface area is 113 Å². The highest BCUT2D eigenvalue weighted by Crippen LogP contribution is 2.22. The van der Waals surface area contributed by atoms with Crippen LogP contribution in [0.25, 0.3) is 0 Å². The molecule has 0 aliphatic rings. The molecule has 0 saturated heterocycles. The largest absolute Gasteiger partial charge is 0.305 e. The number of pyridine rings is 1. The summed E-state index contributed by atoms with van der Waals surface area (Å²) in [6.45, 7) is 3.81. The van der Waals surface area contributed by atoms with Gasteiger partial charge in [-0.15, -0.1) is 0 Å². The average molecular weight is 307 g/mol. The Morgan fingerprint density at radius 1 is 1.33 bits per heavy atom. The van der Waals surface area contributed by atoms with Crippen LogP contribution >= 0.6 is 15.9 Å². The minimum atomic E-state index is -0.322. The molecule has 2 heterocycles. The number of aryl methyl sites for hydroxylation is 2. The lowest BCUT2D eigenvalue weighted by molar-refractivity contribution is 0.102. The number of rotatable bonds is 2. The minimum Gasteiger partial charge on any atom is -0.305 e. The van der Waals surface area contributed by atoms with Gasteiger partial charge < -0.3 is 5.32 Å². The van der Waals surface area contributed by atoms with Crippen LogP contribution in [0.15, 0.2) is 29.1 Å². The van der Waals surface area contributed by atoms with Crippen LogP contribution < -0.4 is 5.32 Å². The van der Waals surface area contributed by atoms with Gasteiger partial charge in [-0.1, -0.05) is 0 Å². The van der Waals surface area contributed by atoms with Crippen molar-refractivity contribution in [2.24, 2.45) is 0 Å². The minimum absolute atomic E-state index is 0.262. The van der Waals surface area contributed by atoms with E-state index in [1.54, 1.807) is 6.07 Å². The van der Waals surface area contributed by atoms with E-state index in [0.29, 0.717) is 5.82 Å². The monoisotopic (exact) mass is 306 g/mol. The normalized spacial score (nSPS) is 10.2. The Balaban J connectivity index is 2.23. The highest BCUT2D eigenvalue weighted by atomic mass is 79.9. The van der Waals surface area contributed by atoms with E-state index in [0.717, 1.165) is 15.7 Å². The van der Waals surface area contributed by atoms with E-state index in [1.807, 2.05) is 13.8 Å². The third kappa shape index (κ3) is 2.70. The number of carbonyl (C=O) groups is 1. The molecule has 6 heteroatoms. The van der Waals surface area contributed by atoms with Crippen molar-refractivity contribution in [3.8, 4) is 0 Å². The molecular weight excluding hydrogens is 296 g/mol. The number of halogens is 1. The van der Waals surface area contributed by atoms with E-state index < -0.39 is 0 Å². The summed E-state index contributed by atoms with van der Waals surface area (Å²) in [5.41, 5.74) is 2.10. The number of hydrogen-bond donors (Lipinski definition) is 1. The van der Waals surface area contributed by atoms with Crippen molar-refractivity contribution in [1.29, 1.82) is 0 Å². The zero-order chi connectivity index (χ0) is 13.1. The fraction of sp³-hybridized carbons (Fsp3) is 0.167. The Morgan fingerprint density at radius 2 is 2.11 bits per heavy atom. The van der Waals surface area contributed by atoms with Gasteiger partial charge in [-0.05, 0) is 41.4 Å².